The number of rotatable bonds is 7. The van der Waals surface area contributed by atoms with Crippen LogP contribution >= 0.6 is 0 Å². The first kappa shape index (κ1) is 21.1. The standard InChI is InChI=1S/C21H23FN2O4/c1-4-28-21(27)14-9-11-15(12-10-14)23-20(26)18(13(2)3)24-19(25)16-7-5-6-8-17(16)22/h5-13,18H,4H2,1-3H3,(H,23,26)(H,24,25)/t18-/m0/s1. The van der Waals surface area contributed by atoms with Gasteiger partial charge < -0.3 is 15.4 Å². The minimum atomic E-state index is -0.864. The van der Waals surface area contributed by atoms with Gasteiger partial charge in [0.05, 0.1) is 17.7 Å². The number of hydrogen-bond donors (Lipinski definition) is 2. The third-order valence-electron chi connectivity index (χ3n) is 4.02. The van der Waals surface area contributed by atoms with Gasteiger partial charge in [0.2, 0.25) is 5.91 Å². The van der Waals surface area contributed by atoms with Crippen molar-refractivity contribution >= 4 is 23.5 Å². The average molecular weight is 386 g/mol. The van der Waals surface area contributed by atoms with Crippen LogP contribution in [-0.4, -0.2) is 30.4 Å². The van der Waals surface area contributed by atoms with Crippen LogP contribution in [0.1, 0.15) is 41.5 Å². The number of halogens is 1. The van der Waals surface area contributed by atoms with E-state index < -0.39 is 29.6 Å². The molecule has 2 N–H and O–H groups in total. The fourth-order valence-electron chi connectivity index (χ4n) is 2.52. The summed E-state index contributed by atoms with van der Waals surface area (Å²) in [5.74, 6) is -2.43. The molecule has 148 valence electrons. The van der Waals surface area contributed by atoms with Gasteiger partial charge >= 0.3 is 5.97 Å². The summed E-state index contributed by atoms with van der Waals surface area (Å²) in [6, 6.07) is 10.9. The third-order valence-corrected chi connectivity index (χ3v) is 4.02. The van der Waals surface area contributed by atoms with E-state index in [1.807, 2.05) is 0 Å². The van der Waals surface area contributed by atoms with Gasteiger partial charge in [-0.15, -0.1) is 0 Å². The highest BCUT2D eigenvalue weighted by molar-refractivity contribution is 6.01. The van der Waals surface area contributed by atoms with Crippen molar-refractivity contribution in [2.24, 2.45) is 5.92 Å². The highest BCUT2D eigenvalue weighted by atomic mass is 19.1. The molecule has 0 fully saturated rings. The number of hydrogen-bond acceptors (Lipinski definition) is 4. The molecule has 0 aliphatic rings. The molecule has 2 aromatic carbocycles. The van der Waals surface area contributed by atoms with Crippen molar-refractivity contribution in [3.8, 4) is 0 Å². The predicted molar refractivity (Wildman–Crippen MR) is 104 cm³/mol. The van der Waals surface area contributed by atoms with Crippen LogP contribution in [0, 0.1) is 11.7 Å². The Hall–Kier alpha value is -3.22. The Labute approximate surface area is 163 Å². The van der Waals surface area contributed by atoms with Crippen molar-refractivity contribution in [1.82, 2.24) is 5.32 Å². The van der Waals surface area contributed by atoms with Crippen molar-refractivity contribution in [3.63, 3.8) is 0 Å². The summed E-state index contributed by atoms with van der Waals surface area (Å²) >= 11 is 0. The highest BCUT2D eigenvalue weighted by Crippen LogP contribution is 2.14. The van der Waals surface area contributed by atoms with Gasteiger partial charge in [-0.25, -0.2) is 9.18 Å². The highest BCUT2D eigenvalue weighted by Gasteiger charge is 2.25. The van der Waals surface area contributed by atoms with E-state index in [9.17, 15) is 18.8 Å². The van der Waals surface area contributed by atoms with Crippen molar-refractivity contribution in [1.29, 1.82) is 0 Å². The second kappa shape index (κ2) is 9.64. The predicted octanol–water partition coefficient (Wildman–Crippen LogP) is 3.40. The number of amides is 2. The van der Waals surface area contributed by atoms with Gasteiger partial charge in [0.25, 0.3) is 5.91 Å². The van der Waals surface area contributed by atoms with E-state index in [-0.39, 0.29) is 18.1 Å². The quantitative estimate of drug-likeness (QED) is 0.715. The number of ether oxygens (including phenoxy) is 1. The van der Waals surface area contributed by atoms with E-state index in [2.05, 4.69) is 10.6 Å². The Morgan fingerprint density at radius 1 is 1.04 bits per heavy atom. The maximum absolute atomic E-state index is 13.8. The smallest absolute Gasteiger partial charge is 0.338 e. The largest absolute Gasteiger partial charge is 0.462 e. The minimum Gasteiger partial charge on any atom is -0.462 e. The topological polar surface area (TPSA) is 84.5 Å². The molecule has 0 bridgehead atoms. The van der Waals surface area contributed by atoms with E-state index >= 15 is 0 Å². The molecule has 0 unspecified atom stereocenters. The van der Waals surface area contributed by atoms with Gasteiger partial charge in [-0.1, -0.05) is 26.0 Å². The molecule has 7 heteroatoms. The summed E-state index contributed by atoms with van der Waals surface area (Å²) in [6.07, 6.45) is 0. The molecule has 0 heterocycles. The van der Waals surface area contributed by atoms with Crippen LogP contribution in [0.5, 0.6) is 0 Å². The van der Waals surface area contributed by atoms with Crippen molar-refractivity contribution in [2.75, 3.05) is 11.9 Å². The summed E-state index contributed by atoms with van der Waals surface area (Å²) in [6.45, 7) is 5.54. The first-order chi connectivity index (χ1) is 13.3. The number of esters is 1. The first-order valence-corrected chi connectivity index (χ1v) is 8.97. The van der Waals surface area contributed by atoms with Gasteiger partial charge in [0.15, 0.2) is 0 Å². The molecule has 2 amide bonds. The molecule has 0 saturated heterocycles. The second-order valence-electron chi connectivity index (χ2n) is 6.46. The average Bonchev–Trinajstić information content (AvgIpc) is 2.66. The van der Waals surface area contributed by atoms with Crippen molar-refractivity contribution in [2.45, 2.75) is 26.8 Å². The van der Waals surface area contributed by atoms with E-state index in [4.69, 9.17) is 4.74 Å². The lowest BCUT2D eigenvalue weighted by atomic mass is 10.0. The number of benzene rings is 2. The summed E-state index contributed by atoms with van der Waals surface area (Å²) < 4.78 is 18.7. The van der Waals surface area contributed by atoms with E-state index in [0.29, 0.717) is 11.3 Å². The Bertz CT molecular complexity index is 850. The monoisotopic (exact) mass is 386 g/mol. The molecular weight excluding hydrogens is 363 g/mol. The third kappa shape index (κ3) is 5.39. The van der Waals surface area contributed by atoms with Crippen molar-refractivity contribution < 1.29 is 23.5 Å². The zero-order valence-electron chi connectivity index (χ0n) is 16.0. The lowest BCUT2D eigenvalue weighted by molar-refractivity contribution is -0.118. The summed E-state index contributed by atoms with van der Waals surface area (Å²) in [5, 5.41) is 5.27. The molecule has 2 aromatic rings. The van der Waals surface area contributed by atoms with Crippen LogP contribution in [0.4, 0.5) is 10.1 Å². The molecular formula is C21H23FN2O4. The molecule has 0 aliphatic heterocycles. The van der Waals surface area contributed by atoms with E-state index in [0.717, 1.165) is 0 Å². The number of nitrogens with one attached hydrogen (secondary N) is 2. The van der Waals surface area contributed by atoms with Gasteiger partial charge in [-0.05, 0) is 49.2 Å². The normalized spacial score (nSPS) is 11.6. The van der Waals surface area contributed by atoms with Gasteiger partial charge in [-0.2, -0.15) is 0 Å². The van der Waals surface area contributed by atoms with E-state index in [1.54, 1.807) is 39.0 Å². The summed E-state index contributed by atoms with van der Waals surface area (Å²) in [5.41, 5.74) is 0.705. The van der Waals surface area contributed by atoms with Crippen LogP contribution in [0.25, 0.3) is 0 Å². The second-order valence-corrected chi connectivity index (χ2v) is 6.46. The molecule has 0 spiro atoms. The molecule has 0 aliphatic carbocycles. The van der Waals surface area contributed by atoms with Crippen LogP contribution in [-0.2, 0) is 9.53 Å². The van der Waals surface area contributed by atoms with Crippen LogP contribution in [0.3, 0.4) is 0 Å². The molecule has 0 saturated carbocycles. The van der Waals surface area contributed by atoms with Crippen LogP contribution < -0.4 is 10.6 Å². The molecule has 0 aromatic heterocycles. The van der Waals surface area contributed by atoms with Crippen molar-refractivity contribution in [3.05, 3.63) is 65.5 Å². The zero-order valence-corrected chi connectivity index (χ0v) is 16.0. The zero-order chi connectivity index (χ0) is 20.7. The first-order valence-electron chi connectivity index (χ1n) is 8.97. The Balaban J connectivity index is 2.08. The fourth-order valence-corrected chi connectivity index (χ4v) is 2.52. The fraction of sp³-hybridized carbons (Fsp3) is 0.286. The SMILES string of the molecule is CCOC(=O)c1ccc(NC(=O)[C@@H](NC(=O)c2ccccc2F)C(C)C)cc1. The van der Waals surface area contributed by atoms with Gasteiger partial charge in [-0.3, -0.25) is 9.59 Å². The lowest BCUT2D eigenvalue weighted by Gasteiger charge is -2.22. The van der Waals surface area contributed by atoms with E-state index in [1.165, 1.54) is 30.3 Å². The molecule has 1 atom stereocenters. The van der Waals surface area contributed by atoms with Crippen LogP contribution in [0.15, 0.2) is 48.5 Å². The summed E-state index contributed by atoms with van der Waals surface area (Å²) in [7, 11) is 0. The molecule has 2 rings (SSSR count). The van der Waals surface area contributed by atoms with Crippen LogP contribution in [0.2, 0.25) is 0 Å². The molecule has 6 nitrogen and oxygen atoms in total. The summed E-state index contributed by atoms with van der Waals surface area (Å²) in [4.78, 5) is 36.6. The molecule has 28 heavy (non-hydrogen) atoms. The Morgan fingerprint density at radius 2 is 1.68 bits per heavy atom. The Morgan fingerprint density at radius 3 is 2.25 bits per heavy atom. The number of anilines is 1. The minimum absolute atomic E-state index is 0.125. The van der Waals surface area contributed by atoms with Gasteiger partial charge in [0, 0.05) is 5.69 Å². The van der Waals surface area contributed by atoms with Gasteiger partial charge in [0.1, 0.15) is 11.9 Å². The number of carbonyl (C=O) groups is 3. The maximum Gasteiger partial charge on any atom is 0.338 e. The maximum atomic E-state index is 13.8. The number of carbonyl (C=O) groups excluding carboxylic acids is 3. The molecule has 0 radical (unpaired) electrons. The lowest BCUT2D eigenvalue weighted by Crippen LogP contribution is -2.47. The Kier molecular flexibility index (Phi) is 7.26.